The Hall–Kier alpha value is -1.83. The predicted molar refractivity (Wildman–Crippen MR) is 114 cm³/mol. The number of carbonyl (C=O) groups excluding carboxylic acids is 1. The van der Waals surface area contributed by atoms with E-state index < -0.39 is 16.7 Å². The first-order chi connectivity index (χ1) is 13.3. The molecule has 2 N–H and O–H groups in total. The van der Waals surface area contributed by atoms with Gasteiger partial charge in [-0.15, -0.1) is 11.3 Å². The standard InChI is InChI=1S/C18H10Cl4N2O3S/c19-11-5-4-10(18(26)27)14(20)13(11)12-7-23-17(28-12)8-2-1-3-9(6-8)24-16(25)15(21)22/h1-7,15H,(H,24,25)(H,26,27). The topological polar surface area (TPSA) is 79.3 Å². The van der Waals surface area contributed by atoms with Gasteiger partial charge in [0.05, 0.1) is 20.5 Å². The number of nitrogens with zero attached hydrogens (tertiary/aromatic N) is 1. The van der Waals surface area contributed by atoms with E-state index in [2.05, 4.69) is 10.3 Å². The number of alkyl halides is 2. The Balaban J connectivity index is 1.97. The van der Waals surface area contributed by atoms with E-state index in [4.69, 9.17) is 46.4 Å². The van der Waals surface area contributed by atoms with Crippen molar-refractivity contribution >= 4 is 75.3 Å². The van der Waals surface area contributed by atoms with Gasteiger partial charge in [-0.2, -0.15) is 0 Å². The molecule has 0 unspecified atom stereocenters. The van der Waals surface area contributed by atoms with Crippen molar-refractivity contribution in [1.82, 2.24) is 4.98 Å². The molecule has 0 spiro atoms. The molecule has 0 aliphatic carbocycles. The molecule has 0 aliphatic heterocycles. The molecule has 3 aromatic rings. The van der Waals surface area contributed by atoms with Gasteiger partial charge in [-0.05, 0) is 24.3 Å². The van der Waals surface area contributed by atoms with Crippen LogP contribution in [0.2, 0.25) is 10.0 Å². The smallest absolute Gasteiger partial charge is 0.337 e. The lowest BCUT2D eigenvalue weighted by Crippen LogP contribution is -2.18. The van der Waals surface area contributed by atoms with Crippen molar-refractivity contribution in [2.75, 3.05) is 5.32 Å². The van der Waals surface area contributed by atoms with E-state index in [9.17, 15) is 14.7 Å². The van der Waals surface area contributed by atoms with Gasteiger partial charge in [-0.1, -0.05) is 58.5 Å². The van der Waals surface area contributed by atoms with Gasteiger partial charge in [0.15, 0.2) is 4.84 Å². The summed E-state index contributed by atoms with van der Waals surface area (Å²) in [7, 11) is 0. The minimum Gasteiger partial charge on any atom is -0.478 e. The van der Waals surface area contributed by atoms with Crippen LogP contribution in [-0.2, 0) is 4.79 Å². The van der Waals surface area contributed by atoms with Crippen LogP contribution in [0.15, 0.2) is 42.6 Å². The summed E-state index contributed by atoms with van der Waals surface area (Å²) in [6.07, 6.45) is 1.57. The molecule has 2 aromatic carbocycles. The van der Waals surface area contributed by atoms with E-state index in [1.165, 1.54) is 23.5 Å². The van der Waals surface area contributed by atoms with E-state index in [1.54, 1.807) is 24.4 Å². The highest BCUT2D eigenvalue weighted by molar-refractivity contribution is 7.18. The number of nitrogens with one attached hydrogen (secondary N) is 1. The van der Waals surface area contributed by atoms with Gasteiger partial charge < -0.3 is 10.4 Å². The van der Waals surface area contributed by atoms with Crippen LogP contribution in [0.4, 0.5) is 5.69 Å². The Morgan fingerprint density at radius 1 is 1.14 bits per heavy atom. The van der Waals surface area contributed by atoms with Crippen molar-refractivity contribution in [2.45, 2.75) is 4.84 Å². The molecule has 3 rings (SSSR count). The van der Waals surface area contributed by atoms with Gasteiger partial charge >= 0.3 is 5.97 Å². The number of hydrogen-bond donors (Lipinski definition) is 2. The van der Waals surface area contributed by atoms with Gasteiger partial charge in [0.25, 0.3) is 5.91 Å². The zero-order chi connectivity index (χ0) is 20.4. The second kappa shape index (κ2) is 8.68. The summed E-state index contributed by atoms with van der Waals surface area (Å²) >= 11 is 24.9. The fourth-order valence-corrected chi connectivity index (χ4v) is 4.25. The lowest BCUT2D eigenvalue weighted by atomic mass is 10.1. The zero-order valence-electron chi connectivity index (χ0n) is 13.7. The maximum atomic E-state index is 11.6. The van der Waals surface area contributed by atoms with Gasteiger partial charge in [0.1, 0.15) is 5.01 Å². The highest BCUT2D eigenvalue weighted by Crippen LogP contribution is 2.41. The average Bonchev–Trinajstić information content (AvgIpc) is 3.11. The molecule has 1 amide bonds. The highest BCUT2D eigenvalue weighted by atomic mass is 35.5. The van der Waals surface area contributed by atoms with E-state index in [0.717, 1.165) is 5.56 Å². The van der Waals surface area contributed by atoms with Gasteiger partial charge in [-0.3, -0.25) is 4.79 Å². The predicted octanol–water partition coefficient (Wildman–Crippen LogP) is 6.22. The molecule has 1 heterocycles. The normalized spacial score (nSPS) is 10.9. The summed E-state index contributed by atoms with van der Waals surface area (Å²) in [6, 6.07) is 9.80. The number of carbonyl (C=O) groups is 2. The maximum Gasteiger partial charge on any atom is 0.337 e. The van der Waals surface area contributed by atoms with Crippen LogP contribution in [-0.4, -0.2) is 26.8 Å². The number of carboxylic acid groups (broad SMARTS) is 1. The molecule has 28 heavy (non-hydrogen) atoms. The Morgan fingerprint density at radius 3 is 2.57 bits per heavy atom. The summed E-state index contributed by atoms with van der Waals surface area (Å²) in [5.41, 5.74) is 1.60. The number of hydrogen-bond acceptors (Lipinski definition) is 4. The minimum atomic E-state index is -1.18. The number of aromatic carboxylic acids is 1. The maximum absolute atomic E-state index is 11.6. The van der Waals surface area contributed by atoms with Crippen LogP contribution < -0.4 is 5.32 Å². The third-order valence-corrected chi connectivity index (χ3v) is 5.82. The monoisotopic (exact) mass is 474 g/mol. The first kappa shape index (κ1) is 20.9. The van der Waals surface area contributed by atoms with Crippen LogP contribution >= 0.6 is 57.7 Å². The molecule has 0 radical (unpaired) electrons. The Kier molecular flexibility index (Phi) is 6.47. The van der Waals surface area contributed by atoms with Crippen LogP contribution in [0.25, 0.3) is 21.0 Å². The lowest BCUT2D eigenvalue weighted by Gasteiger charge is -2.07. The Bertz CT molecular complexity index is 1070. The van der Waals surface area contributed by atoms with Crippen LogP contribution in [0.5, 0.6) is 0 Å². The molecule has 0 atom stereocenters. The van der Waals surface area contributed by atoms with Crippen LogP contribution in [0.3, 0.4) is 0 Å². The summed E-state index contributed by atoms with van der Waals surface area (Å²) in [4.78, 5) is 26.8. The van der Waals surface area contributed by atoms with Gasteiger partial charge in [-0.25, -0.2) is 9.78 Å². The van der Waals surface area contributed by atoms with Crippen molar-refractivity contribution in [3.05, 3.63) is 58.2 Å². The number of carboxylic acids is 1. The molecule has 5 nitrogen and oxygen atoms in total. The summed E-state index contributed by atoms with van der Waals surface area (Å²) < 4.78 is 0. The number of aromatic nitrogens is 1. The quantitative estimate of drug-likeness (QED) is 0.429. The van der Waals surface area contributed by atoms with Crippen LogP contribution in [0, 0.1) is 0 Å². The molecular formula is C18H10Cl4N2O3S. The number of thiazole rings is 1. The molecule has 0 saturated heterocycles. The summed E-state index contributed by atoms with van der Waals surface area (Å²) in [5.74, 6) is -1.68. The van der Waals surface area contributed by atoms with E-state index >= 15 is 0 Å². The number of rotatable bonds is 5. The van der Waals surface area contributed by atoms with Gasteiger partial charge in [0, 0.05) is 23.0 Å². The number of amides is 1. The molecule has 0 fully saturated rings. The fraction of sp³-hybridized carbons (Fsp3) is 0.0556. The molecule has 10 heteroatoms. The van der Waals surface area contributed by atoms with Crippen LogP contribution in [0.1, 0.15) is 10.4 Å². The van der Waals surface area contributed by atoms with Crippen molar-refractivity contribution in [2.24, 2.45) is 0 Å². The second-order valence-corrected chi connectivity index (χ2v) is 8.40. The lowest BCUT2D eigenvalue weighted by molar-refractivity contribution is -0.114. The van der Waals surface area contributed by atoms with E-state index in [1.807, 2.05) is 6.07 Å². The molecule has 0 aliphatic rings. The van der Waals surface area contributed by atoms with Crippen molar-refractivity contribution in [3.63, 3.8) is 0 Å². The first-order valence-corrected chi connectivity index (χ1v) is 10.1. The number of benzene rings is 2. The number of anilines is 1. The second-order valence-electron chi connectivity index (χ2n) is 5.49. The summed E-state index contributed by atoms with van der Waals surface area (Å²) in [6.45, 7) is 0. The van der Waals surface area contributed by atoms with E-state index in [-0.39, 0.29) is 10.6 Å². The van der Waals surface area contributed by atoms with Crippen molar-refractivity contribution < 1.29 is 14.7 Å². The molecule has 1 aromatic heterocycles. The largest absolute Gasteiger partial charge is 0.478 e. The highest BCUT2D eigenvalue weighted by Gasteiger charge is 2.19. The SMILES string of the molecule is O=C(O)c1ccc(Cl)c(-c2cnc(-c3cccc(NC(=O)C(Cl)Cl)c3)s2)c1Cl. The Morgan fingerprint density at radius 2 is 1.89 bits per heavy atom. The molecule has 0 bridgehead atoms. The van der Waals surface area contributed by atoms with Crippen molar-refractivity contribution in [1.29, 1.82) is 0 Å². The first-order valence-electron chi connectivity index (χ1n) is 7.65. The minimum absolute atomic E-state index is 0.0440. The zero-order valence-corrected chi connectivity index (χ0v) is 17.6. The van der Waals surface area contributed by atoms with Crippen molar-refractivity contribution in [3.8, 4) is 21.0 Å². The summed E-state index contributed by atoms with van der Waals surface area (Å²) in [5, 5.41) is 12.9. The third-order valence-electron chi connectivity index (χ3n) is 3.65. The Labute approximate surface area is 183 Å². The fourth-order valence-electron chi connectivity index (χ4n) is 2.39. The molecular weight excluding hydrogens is 466 g/mol. The third kappa shape index (κ3) is 4.42. The average molecular weight is 476 g/mol. The van der Waals surface area contributed by atoms with Gasteiger partial charge in [0.2, 0.25) is 0 Å². The molecule has 144 valence electrons. The molecule has 0 saturated carbocycles. The van der Waals surface area contributed by atoms with E-state index in [0.29, 0.717) is 26.2 Å². The number of halogens is 4.